The quantitative estimate of drug-likeness (QED) is 0.199. The molecule has 0 radical (unpaired) electrons. The standard InChI is InChI=1S/C39H37F3O2/c1-26-8-7-9-27(15-14-26)22-28-16-19-32(20-17-28)44-33-21-18-30-23-35(29-10-3-2-4-11-29)38(43)36(34(30)25-33)24-31-12-5-6-13-37(31)39(40,41)42/h2-6,10-13,16-21,23,25-27,36H,7-9,14-15,22,24H2,1H3. The van der Waals surface area contributed by atoms with Gasteiger partial charge in [-0.3, -0.25) is 4.79 Å². The Morgan fingerprint density at radius 2 is 1.50 bits per heavy atom. The summed E-state index contributed by atoms with van der Waals surface area (Å²) in [6.45, 7) is 2.35. The maximum Gasteiger partial charge on any atom is 0.416 e. The van der Waals surface area contributed by atoms with Crippen LogP contribution < -0.4 is 4.74 Å². The van der Waals surface area contributed by atoms with Crippen LogP contribution in [-0.2, 0) is 23.8 Å². The molecule has 4 aromatic rings. The van der Waals surface area contributed by atoms with Crippen molar-refractivity contribution in [2.45, 2.75) is 64.0 Å². The first-order valence-corrected chi connectivity index (χ1v) is 15.6. The molecule has 0 aliphatic heterocycles. The zero-order chi connectivity index (χ0) is 30.7. The van der Waals surface area contributed by atoms with Crippen molar-refractivity contribution in [3.63, 3.8) is 0 Å². The molecule has 2 aliphatic carbocycles. The molecule has 0 N–H and O–H groups in total. The van der Waals surface area contributed by atoms with Gasteiger partial charge in [0, 0.05) is 5.57 Å². The Morgan fingerprint density at radius 1 is 0.773 bits per heavy atom. The third-order valence-electron chi connectivity index (χ3n) is 9.21. The second-order valence-electron chi connectivity index (χ2n) is 12.4. The van der Waals surface area contributed by atoms with Crippen molar-refractivity contribution < 1.29 is 22.7 Å². The topological polar surface area (TPSA) is 26.3 Å². The van der Waals surface area contributed by atoms with Gasteiger partial charge in [-0.1, -0.05) is 99.3 Å². The number of alkyl halides is 3. The SMILES string of the molecule is CC1CCCC(Cc2ccc(Oc3ccc4c(c3)C(Cc3ccccc3C(F)(F)F)C(=O)C(c3ccccc3)=C4)cc2)CC1. The number of hydrogen-bond donors (Lipinski definition) is 0. The number of ether oxygens (including phenoxy) is 1. The third-order valence-corrected chi connectivity index (χ3v) is 9.21. The fourth-order valence-corrected chi connectivity index (χ4v) is 6.78. The molecule has 0 heterocycles. The lowest BCUT2D eigenvalue weighted by molar-refractivity contribution is -0.138. The van der Waals surface area contributed by atoms with Crippen molar-refractivity contribution in [3.8, 4) is 11.5 Å². The maximum absolute atomic E-state index is 14.0. The van der Waals surface area contributed by atoms with E-state index in [2.05, 4.69) is 19.1 Å². The van der Waals surface area contributed by atoms with Crippen LogP contribution in [0.4, 0.5) is 13.2 Å². The summed E-state index contributed by atoms with van der Waals surface area (Å²) in [5, 5.41) is 0. The molecule has 0 bridgehead atoms. The summed E-state index contributed by atoms with van der Waals surface area (Å²) >= 11 is 0. The normalized spacial score (nSPS) is 20.4. The number of allylic oxidation sites excluding steroid dienone is 1. The molecule has 5 heteroatoms. The van der Waals surface area contributed by atoms with E-state index >= 15 is 0 Å². The van der Waals surface area contributed by atoms with E-state index in [4.69, 9.17) is 4.74 Å². The van der Waals surface area contributed by atoms with Crippen LogP contribution in [0, 0.1) is 11.8 Å². The first-order chi connectivity index (χ1) is 21.2. The molecule has 6 rings (SSSR count). The van der Waals surface area contributed by atoms with Crippen molar-refractivity contribution in [2.24, 2.45) is 11.8 Å². The van der Waals surface area contributed by atoms with Crippen LogP contribution >= 0.6 is 0 Å². The Bertz CT molecular complexity index is 1640. The van der Waals surface area contributed by atoms with Gasteiger partial charge < -0.3 is 4.74 Å². The fourth-order valence-electron chi connectivity index (χ4n) is 6.78. The minimum absolute atomic E-state index is 0.0657. The highest BCUT2D eigenvalue weighted by Crippen LogP contribution is 2.42. The number of halogens is 3. The number of benzene rings is 4. The first-order valence-electron chi connectivity index (χ1n) is 15.6. The zero-order valence-corrected chi connectivity index (χ0v) is 24.9. The summed E-state index contributed by atoms with van der Waals surface area (Å²) in [6, 6.07) is 28.6. The Morgan fingerprint density at radius 3 is 2.27 bits per heavy atom. The molecule has 44 heavy (non-hydrogen) atoms. The van der Waals surface area contributed by atoms with Crippen LogP contribution in [0.3, 0.4) is 0 Å². The van der Waals surface area contributed by atoms with E-state index in [-0.39, 0.29) is 17.8 Å². The monoisotopic (exact) mass is 594 g/mol. The number of rotatable bonds is 7. The van der Waals surface area contributed by atoms with Gasteiger partial charge in [0.2, 0.25) is 0 Å². The number of ketones is 1. The van der Waals surface area contributed by atoms with Gasteiger partial charge in [-0.05, 0) is 95.3 Å². The molecule has 0 amide bonds. The van der Waals surface area contributed by atoms with E-state index in [1.165, 1.54) is 49.8 Å². The van der Waals surface area contributed by atoms with Crippen LogP contribution in [-0.4, -0.2) is 5.78 Å². The van der Waals surface area contributed by atoms with Crippen LogP contribution in [0.25, 0.3) is 11.6 Å². The summed E-state index contributed by atoms with van der Waals surface area (Å²) in [5.41, 5.74) is 3.41. The number of Topliss-reactive ketones (excluding diaryl/α,β-unsaturated/α-hetero) is 1. The highest BCUT2D eigenvalue weighted by molar-refractivity contribution is 6.29. The highest BCUT2D eigenvalue weighted by Gasteiger charge is 2.36. The van der Waals surface area contributed by atoms with Crippen LogP contribution in [0.1, 0.15) is 78.3 Å². The predicted octanol–water partition coefficient (Wildman–Crippen LogP) is 10.7. The highest BCUT2D eigenvalue weighted by atomic mass is 19.4. The average Bonchev–Trinajstić information content (AvgIpc) is 3.23. The van der Waals surface area contributed by atoms with E-state index in [1.807, 2.05) is 66.7 Å². The first kappa shape index (κ1) is 29.9. The fraction of sp³-hybridized carbons (Fsp3) is 0.308. The van der Waals surface area contributed by atoms with Crippen molar-refractivity contribution >= 4 is 17.4 Å². The molecule has 3 atom stereocenters. The van der Waals surface area contributed by atoms with E-state index in [0.29, 0.717) is 22.6 Å². The minimum atomic E-state index is -4.51. The lowest BCUT2D eigenvalue weighted by Gasteiger charge is -2.26. The predicted molar refractivity (Wildman–Crippen MR) is 170 cm³/mol. The molecule has 0 aromatic heterocycles. The summed E-state index contributed by atoms with van der Waals surface area (Å²) < 4.78 is 48.0. The molecule has 0 saturated heterocycles. The van der Waals surface area contributed by atoms with Crippen LogP contribution in [0.15, 0.2) is 97.1 Å². The van der Waals surface area contributed by atoms with Gasteiger partial charge in [0.05, 0.1) is 11.5 Å². The van der Waals surface area contributed by atoms with Gasteiger partial charge in [0.1, 0.15) is 11.5 Å². The number of carbonyl (C=O) groups is 1. The third kappa shape index (κ3) is 6.83. The van der Waals surface area contributed by atoms with Crippen molar-refractivity contribution in [2.75, 3.05) is 0 Å². The number of carbonyl (C=O) groups excluding carboxylic acids is 1. The van der Waals surface area contributed by atoms with E-state index < -0.39 is 17.7 Å². The van der Waals surface area contributed by atoms with Crippen molar-refractivity contribution in [1.82, 2.24) is 0 Å². The van der Waals surface area contributed by atoms with Gasteiger partial charge >= 0.3 is 6.18 Å². The van der Waals surface area contributed by atoms with E-state index in [0.717, 1.165) is 35.4 Å². The maximum atomic E-state index is 14.0. The van der Waals surface area contributed by atoms with E-state index in [9.17, 15) is 18.0 Å². The molecule has 4 aromatic carbocycles. The summed E-state index contributed by atoms with van der Waals surface area (Å²) in [4.78, 5) is 14.0. The molecule has 3 unspecified atom stereocenters. The van der Waals surface area contributed by atoms with E-state index in [1.54, 1.807) is 6.07 Å². The summed E-state index contributed by atoms with van der Waals surface area (Å²) in [6.07, 6.45) is 4.83. The van der Waals surface area contributed by atoms with Gasteiger partial charge in [0.15, 0.2) is 5.78 Å². The lowest BCUT2D eigenvalue weighted by Crippen LogP contribution is -2.22. The smallest absolute Gasteiger partial charge is 0.416 e. The molecule has 0 spiro atoms. The summed E-state index contributed by atoms with van der Waals surface area (Å²) in [7, 11) is 0. The van der Waals surface area contributed by atoms with Gasteiger partial charge in [0.25, 0.3) is 0 Å². The molecular weight excluding hydrogens is 557 g/mol. The molecule has 226 valence electrons. The Labute approximate surface area is 257 Å². The van der Waals surface area contributed by atoms with Gasteiger partial charge in [-0.15, -0.1) is 0 Å². The second-order valence-corrected chi connectivity index (χ2v) is 12.4. The van der Waals surface area contributed by atoms with Gasteiger partial charge in [-0.25, -0.2) is 0 Å². The van der Waals surface area contributed by atoms with Crippen LogP contribution in [0.5, 0.6) is 11.5 Å². The molecule has 2 nitrogen and oxygen atoms in total. The summed E-state index contributed by atoms with van der Waals surface area (Å²) in [5.74, 6) is 1.79. The molecule has 1 fully saturated rings. The van der Waals surface area contributed by atoms with Crippen molar-refractivity contribution in [1.29, 1.82) is 0 Å². The molecular formula is C39H37F3O2. The minimum Gasteiger partial charge on any atom is -0.457 e. The van der Waals surface area contributed by atoms with Gasteiger partial charge in [-0.2, -0.15) is 13.2 Å². The Hall–Kier alpha value is -4.12. The second kappa shape index (κ2) is 12.9. The molecule has 1 saturated carbocycles. The lowest BCUT2D eigenvalue weighted by atomic mass is 9.76. The number of fused-ring (bicyclic) bond motifs is 1. The zero-order valence-electron chi connectivity index (χ0n) is 24.9. The number of hydrogen-bond acceptors (Lipinski definition) is 2. The Balaban J connectivity index is 1.28. The average molecular weight is 595 g/mol. The van der Waals surface area contributed by atoms with Crippen LogP contribution in [0.2, 0.25) is 0 Å². The largest absolute Gasteiger partial charge is 0.457 e. The molecule has 2 aliphatic rings. The Kier molecular flexibility index (Phi) is 8.74. The van der Waals surface area contributed by atoms with Crippen molar-refractivity contribution in [3.05, 3.63) is 130 Å².